The van der Waals surface area contributed by atoms with Gasteiger partial charge < -0.3 is 27.9 Å². The topological polar surface area (TPSA) is 111 Å². The molecule has 0 aromatic rings. The molecule has 0 spiro atoms. The largest absolute Gasteiger partial charge is 0.756 e. The van der Waals surface area contributed by atoms with Crippen LogP contribution in [0.1, 0.15) is 206 Å². The van der Waals surface area contributed by atoms with E-state index >= 15 is 0 Å². The van der Waals surface area contributed by atoms with Gasteiger partial charge in [0.1, 0.15) is 19.8 Å². The summed E-state index contributed by atoms with van der Waals surface area (Å²) in [5.74, 6) is -0.822. The van der Waals surface area contributed by atoms with Gasteiger partial charge in [-0.25, -0.2) is 0 Å². The van der Waals surface area contributed by atoms with E-state index in [1.165, 1.54) is 141 Å². The molecule has 0 radical (unpaired) electrons. The monoisotopic (exact) mass is 762 g/mol. The molecule has 0 saturated heterocycles. The second kappa shape index (κ2) is 35.7. The number of esters is 2. The minimum atomic E-state index is -4.61. The van der Waals surface area contributed by atoms with Crippen LogP contribution >= 0.6 is 7.82 Å². The lowest BCUT2D eigenvalue weighted by molar-refractivity contribution is -0.870. The fourth-order valence-corrected chi connectivity index (χ4v) is 6.91. The van der Waals surface area contributed by atoms with Gasteiger partial charge in [0.2, 0.25) is 0 Å². The Balaban J connectivity index is 4.28. The zero-order valence-electron chi connectivity index (χ0n) is 34.8. The summed E-state index contributed by atoms with van der Waals surface area (Å²) in [6.07, 6.45) is 34.1. The number of phosphoric ester groups is 1. The molecule has 1 unspecified atom stereocenters. The van der Waals surface area contributed by atoms with Crippen LogP contribution in [0.4, 0.5) is 0 Å². The van der Waals surface area contributed by atoms with E-state index < -0.39 is 26.5 Å². The SMILES string of the molecule is CCCCCCCCCCCCCCCCCCCC(=O)OC[C@H](COP(=O)([O-])OCC[N+](C)(C)C)OC(=O)CCCCCCCCCCCCC. The van der Waals surface area contributed by atoms with Crippen molar-refractivity contribution < 1.29 is 42.1 Å². The zero-order chi connectivity index (χ0) is 38.6. The molecule has 0 aliphatic rings. The van der Waals surface area contributed by atoms with Crippen LogP contribution < -0.4 is 4.89 Å². The van der Waals surface area contributed by atoms with Crippen LogP contribution in [-0.4, -0.2) is 70.0 Å². The molecule has 0 aliphatic heterocycles. The summed E-state index contributed by atoms with van der Waals surface area (Å²) in [6.45, 7) is 4.25. The third-order valence-electron chi connectivity index (χ3n) is 9.63. The Bertz CT molecular complexity index is 865. The first-order valence-electron chi connectivity index (χ1n) is 21.7. The molecule has 0 bridgehead atoms. The lowest BCUT2D eigenvalue weighted by atomic mass is 10.0. The number of likely N-dealkylation sites (N-methyl/N-ethyl adjacent to an activating group) is 1. The van der Waals surface area contributed by atoms with E-state index in [2.05, 4.69) is 13.8 Å². The van der Waals surface area contributed by atoms with Crippen molar-refractivity contribution >= 4 is 19.8 Å². The summed E-state index contributed by atoms with van der Waals surface area (Å²) in [4.78, 5) is 37.4. The number of rotatable bonds is 40. The first-order valence-corrected chi connectivity index (χ1v) is 23.2. The van der Waals surface area contributed by atoms with E-state index in [0.29, 0.717) is 17.4 Å². The van der Waals surface area contributed by atoms with Gasteiger partial charge in [0.25, 0.3) is 7.82 Å². The van der Waals surface area contributed by atoms with E-state index in [1.54, 1.807) is 0 Å². The lowest BCUT2D eigenvalue weighted by Gasteiger charge is -2.28. The number of nitrogens with zero attached hydrogens (tertiary/aromatic N) is 1. The van der Waals surface area contributed by atoms with Crippen LogP contribution in [-0.2, 0) is 32.7 Å². The maximum absolute atomic E-state index is 12.6. The summed E-state index contributed by atoms with van der Waals surface area (Å²) < 4.78 is 33.8. The van der Waals surface area contributed by atoms with Gasteiger partial charge in [-0.15, -0.1) is 0 Å². The highest BCUT2D eigenvalue weighted by Gasteiger charge is 2.21. The number of quaternary nitrogens is 1. The Hall–Kier alpha value is -0.990. The Kier molecular flexibility index (Phi) is 35.0. The number of unbranched alkanes of at least 4 members (excludes halogenated alkanes) is 26. The number of carbonyl (C=O) groups excluding carboxylic acids is 2. The normalized spacial score (nSPS) is 13.6. The van der Waals surface area contributed by atoms with E-state index in [-0.39, 0.29) is 32.0 Å². The molecule has 0 rings (SSSR count). The van der Waals surface area contributed by atoms with Crippen LogP contribution in [0, 0.1) is 0 Å². The highest BCUT2D eigenvalue weighted by molar-refractivity contribution is 7.45. The Labute approximate surface area is 321 Å². The van der Waals surface area contributed by atoms with Crippen molar-refractivity contribution in [2.24, 2.45) is 0 Å². The maximum atomic E-state index is 12.6. The summed E-state index contributed by atoms with van der Waals surface area (Å²) in [5, 5.41) is 0. The average molecular weight is 762 g/mol. The van der Waals surface area contributed by atoms with Crippen LogP contribution in [0.3, 0.4) is 0 Å². The van der Waals surface area contributed by atoms with Crippen LogP contribution in [0.25, 0.3) is 0 Å². The van der Waals surface area contributed by atoms with Gasteiger partial charge >= 0.3 is 11.9 Å². The molecule has 2 atom stereocenters. The minimum Gasteiger partial charge on any atom is -0.756 e. The van der Waals surface area contributed by atoms with E-state index in [4.69, 9.17) is 18.5 Å². The van der Waals surface area contributed by atoms with Gasteiger partial charge in [-0.05, 0) is 12.8 Å². The summed E-state index contributed by atoms with van der Waals surface area (Å²) in [5.41, 5.74) is 0. The summed E-state index contributed by atoms with van der Waals surface area (Å²) in [6, 6.07) is 0. The molecule has 10 heteroatoms. The molecule has 310 valence electrons. The summed E-state index contributed by atoms with van der Waals surface area (Å²) >= 11 is 0. The van der Waals surface area contributed by atoms with E-state index in [1.807, 2.05) is 21.1 Å². The predicted octanol–water partition coefficient (Wildman–Crippen LogP) is 11.4. The number of hydrogen-bond donors (Lipinski definition) is 0. The van der Waals surface area contributed by atoms with Crippen molar-refractivity contribution in [3.8, 4) is 0 Å². The van der Waals surface area contributed by atoms with Crippen LogP contribution in [0.2, 0.25) is 0 Å². The smallest absolute Gasteiger partial charge is 0.306 e. The number of hydrogen-bond acceptors (Lipinski definition) is 8. The van der Waals surface area contributed by atoms with Gasteiger partial charge in [-0.2, -0.15) is 0 Å². The fourth-order valence-electron chi connectivity index (χ4n) is 6.18. The molecule has 0 saturated carbocycles. The second-order valence-electron chi connectivity index (χ2n) is 16.1. The Morgan fingerprint density at radius 2 is 0.865 bits per heavy atom. The quantitative estimate of drug-likeness (QED) is 0.0263. The van der Waals surface area contributed by atoms with Crippen molar-refractivity contribution in [1.29, 1.82) is 0 Å². The first-order chi connectivity index (χ1) is 25.0. The Morgan fingerprint density at radius 3 is 1.23 bits per heavy atom. The highest BCUT2D eigenvalue weighted by Crippen LogP contribution is 2.38. The van der Waals surface area contributed by atoms with Gasteiger partial charge in [0, 0.05) is 12.8 Å². The maximum Gasteiger partial charge on any atom is 0.306 e. The summed E-state index contributed by atoms with van der Waals surface area (Å²) in [7, 11) is 1.18. The van der Waals surface area contributed by atoms with Gasteiger partial charge in [-0.1, -0.05) is 181 Å². The third kappa shape index (κ3) is 38.7. The van der Waals surface area contributed by atoms with Crippen LogP contribution in [0.5, 0.6) is 0 Å². The number of ether oxygens (including phenoxy) is 2. The lowest BCUT2D eigenvalue weighted by Crippen LogP contribution is -2.37. The van der Waals surface area contributed by atoms with Crippen molar-refractivity contribution in [2.45, 2.75) is 213 Å². The molecule has 9 nitrogen and oxygen atoms in total. The van der Waals surface area contributed by atoms with Gasteiger partial charge in [0.15, 0.2) is 6.10 Å². The second-order valence-corrected chi connectivity index (χ2v) is 17.5. The molecular formula is C42H84NO8P. The highest BCUT2D eigenvalue weighted by atomic mass is 31.2. The first kappa shape index (κ1) is 51.0. The molecule has 0 aromatic carbocycles. The molecule has 0 aromatic heterocycles. The average Bonchev–Trinajstić information content (AvgIpc) is 3.09. The van der Waals surface area contributed by atoms with Crippen LogP contribution in [0.15, 0.2) is 0 Å². The predicted molar refractivity (Wildman–Crippen MR) is 213 cm³/mol. The van der Waals surface area contributed by atoms with Gasteiger partial charge in [-0.3, -0.25) is 14.2 Å². The van der Waals surface area contributed by atoms with Crippen molar-refractivity contribution in [3.05, 3.63) is 0 Å². The molecule has 0 heterocycles. The number of carbonyl (C=O) groups is 2. The van der Waals surface area contributed by atoms with Gasteiger partial charge in [0.05, 0.1) is 27.7 Å². The van der Waals surface area contributed by atoms with E-state index in [9.17, 15) is 19.0 Å². The zero-order valence-corrected chi connectivity index (χ0v) is 35.7. The molecule has 0 fully saturated rings. The standard InChI is InChI=1S/C42H84NO8P/c1-6-8-10-12-14-16-18-19-20-21-22-23-25-26-28-30-32-34-41(44)48-38-40(39-50-52(46,47)49-37-36-43(3,4)5)51-42(45)35-33-31-29-27-24-17-15-13-11-9-7-2/h40H,6-39H2,1-5H3/t40-/m1/s1. The van der Waals surface area contributed by atoms with Crippen molar-refractivity contribution in [3.63, 3.8) is 0 Å². The molecule has 0 aliphatic carbocycles. The molecule has 0 amide bonds. The number of phosphoric acid groups is 1. The van der Waals surface area contributed by atoms with Crippen molar-refractivity contribution in [2.75, 3.05) is 47.5 Å². The third-order valence-corrected chi connectivity index (χ3v) is 10.6. The molecule has 52 heavy (non-hydrogen) atoms. The molecular weight excluding hydrogens is 677 g/mol. The Morgan fingerprint density at radius 1 is 0.519 bits per heavy atom. The fraction of sp³-hybridized carbons (Fsp3) is 0.952. The molecule has 0 N–H and O–H groups in total. The van der Waals surface area contributed by atoms with Crippen molar-refractivity contribution in [1.82, 2.24) is 0 Å². The minimum absolute atomic E-state index is 0.0259. The van der Waals surface area contributed by atoms with E-state index in [0.717, 1.165) is 32.1 Å².